The number of benzene rings is 2. The summed E-state index contributed by atoms with van der Waals surface area (Å²) in [6.07, 6.45) is 4.74. The van der Waals surface area contributed by atoms with E-state index >= 15 is 0 Å². The van der Waals surface area contributed by atoms with Crippen LogP contribution >= 0.6 is 0 Å². The molecule has 1 aliphatic carbocycles. The van der Waals surface area contributed by atoms with Gasteiger partial charge in [0.15, 0.2) is 0 Å². The van der Waals surface area contributed by atoms with Gasteiger partial charge in [-0.2, -0.15) is 0 Å². The van der Waals surface area contributed by atoms with Crippen molar-refractivity contribution in [3.63, 3.8) is 0 Å². The van der Waals surface area contributed by atoms with Gasteiger partial charge in [-0.1, -0.05) is 24.3 Å². The highest BCUT2D eigenvalue weighted by atomic mass is 16.5. The van der Waals surface area contributed by atoms with Crippen LogP contribution in [-0.2, 0) is 15.0 Å². The van der Waals surface area contributed by atoms with Crippen LogP contribution in [0.5, 0.6) is 11.5 Å². The molecule has 0 radical (unpaired) electrons. The van der Waals surface area contributed by atoms with Gasteiger partial charge in [-0.3, -0.25) is 9.59 Å². The number of ether oxygens (including phenoxy) is 2. The van der Waals surface area contributed by atoms with Crippen molar-refractivity contribution >= 4 is 11.8 Å². The van der Waals surface area contributed by atoms with Crippen molar-refractivity contribution < 1.29 is 19.1 Å². The molecule has 2 aromatic carbocycles. The first kappa shape index (κ1) is 20.9. The smallest absolute Gasteiger partial charge is 0.233 e. The SMILES string of the molecule is COc1ccc([C@H]2N(C(=O)C3(c4ccc(OC)cc4)CC3)CCC[C@]23CCC(=O)N3)cc1. The fraction of sp³-hybridized carbons (Fsp3) is 0.462. The van der Waals surface area contributed by atoms with E-state index in [0.717, 1.165) is 54.7 Å². The molecule has 0 unspecified atom stereocenters. The quantitative estimate of drug-likeness (QED) is 0.778. The van der Waals surface area contributed by atoms with E-state index in [-0.39, 0.29) is 17.9 Å². The fourth-order valence-corrected chi connectivity index (χ4v) is 5.70. The van der Waals surface area contributed by atoms with E-state index in [1.54, 1.807) is 14.2 Å². The van der Waals surface area contributed by atoms with E-state index in [1.807, 2.05) is 53.4 Å². The molecule has 3 fully saturated rings. The van der Waals surface area contributed by atoms with Crippen molar-refractivity contribution in [3.8, 4) is 11.5 Å². The normalized spacial score (nSPS) is 26.0. The minimum atomic E-state index is -0.474. The molecule has 6 nitrogen and oxygen atoms in total. The zero-order valence-electron chi connectivity index (χ0n) is 18.7. The largest absolute Gasteiger partial charge is 0.497 e. The van der Waals surface area contributed by atoms with Gasteiger partial charge in [0.05, 0.1) is 31.2 Å². The number of piperidine rings is 1. The molecule has 0 bridgehead atoms. The topological polar surface area (TPSA) is 67.9 Å². The van der Waals surface area contributed by atoms with Crippen molar-refractivity contribution in [2.75, 3.05) is 20.8 Å². The number of hydrogen-bond acceptors (Lipinski definition) is 4. The van der Waals surface area contributed by atoms with E-state index in [0.29, 0.717) is 13.0 Å². The first-order valence-electron chi connectivity index (χ1n) is 11.4. The fourth-order valence-electron chi connectivity index (χ4n) is 5.70. The third-order valence-corrected chi connectivity index (χ3v) is 7.54. The van der Waals surface area contributed by atoms with Crippen LogP contribution in [0, 0.1) is 0 Å². The van der Waals surface area contributed by atoms with Crippen molar-refractivity contribution in [1.29, 1.82) is 0 Å². The summed E-state index contributed by atoms with van der Waals surface area (Å²) < 4.78 is 10.6. The Morgan fingerprint density at radius 3 is 2.09 bits per heavy atom. The van der Waals surface area contributed by atoms with Crippen molar-refractivity contribution in [2.24, 2.45) is 0 Å². The second kappa shape index (κ2) is 7.84. The molecule has 168 valence electrons. The Hall–Kier alpha value is -3.02. The Bertz CT molecular complexity index is 1010. The van der Waals surface area contributed by atoms with E-state index in [9.17, 15) is 9.59 Å². The molecule has 2 atom stereocenters. The Kier molecular flexibility index (Phi) is 5.11. The predicted octanol–water partition coefficient (Wildman–Crippen LogP) is 3.75. The summed E-state index contributed by atoms with van der Waals surface area (Å²) in [5, 5.41) is 3.28. The van der Waals surface area contributed by atoms with Gasteiger partial charge in [0.25, 0.3) is 0 Å². The van der Waals surface area contributed by atoms with E-state index in [4.69, 9.17) is 9.47 Å². The van der Waals surface area contributed by atoms with Crippen LogP contribution in [0.2, 0.25) is 0 Å². The second-order valence-corrected chi connectivity index (χ2v) is 9.29. The number of rotatable bonds is 5. The van der Waals surface area contributed by atoms with Gasteiger partial charge in [-0.25, -0.2) is 0 Å². The number of carbonyl (C=O) groups is 2. The van der Waals surface area contributed by atoms with E-state index < -0.39 is 11.0 Å². The third-order valence-electron chi connectivity index (χ3n) is 7.54. The van der Waals surface area contributed by atoms with Crippen LogP contribution in [0.15, 0.2) is 48.5 Å². The Balaban J connectivity index is 1.53. The molecule has 1 saturated carbocycles. The average molecular weight is 435 g/mol. The molecule has 6 heteroatoms. The van der Waals surface area contributed by atoms with Gasteiger partial charge in [-0.15, -0.1) is 0 Å². The van der Waals surface area contributed by atoms with Crippen LogP contribution in [0.3, 0.4) is 0 Å². The van der Waals surface area contributed by atoms with Gasteiger partial charge in [0.2, 0.25) is 11.8 Å². The van der Waals surface area contributed by atoms with Gasteiger partial charge in [0.1, 0.15) is 11.5 Å². The number of nitrogens with one attached hydrogen (secondary N) is 1. The van der Waals surface area contributed by atoms with Gasteiger partial charge >= 0.3 is 0 Å². The molecular weight excluding hydrogens is 404 g/mol. The molecule has 32 heavy (non-hydrogen) atoms. The van der Waals surface area contributed by atoms with Gasteiger partial charge < -0.3 is 19.7 Å². The average Bonchev–Trinajstić information content (AvgIpc) is 3.57. The minimum Gasteiger partial charge on any atom is -0.497 e. The number of methoxy groups -OCH3 is 2. The highest BCUT2D eigenvalue weighted by molar-refractivity contribution is 5.92. The number of likely N-dealkylation sites (tertiary alicyclic amines) is 1. The number of carbonyl (C=O) groups excluding carboxylic acids is 2. The lowest BCUT2D eigenvalue weighted by atomic mass is 9.75. The molecule has 2 saturated heterocycles. The molecule has 3 aliphatic rings. The van der Waals surface area contributed by atoms with Crippen LogP contribution in [-0.4, -0.2) is 43.0 Å². The molecule has 1 N–H and O–H groups in total. The van der Waals surface area contributed by atoms with E-state index in [2.05, 4.69) is 5.32 Å². The molecule has 2 aliphatic heterocycles. The van der Waals surface area contributed by atoms with Crippen molar-refractivity contribution in [2.45, 2.75) is 55.5 Å². The molecule has 2 heterocycles. The number of nitrogens with zero attached hydrogens (tertiary/aromatic N) is 1. The summed E-state index contributed by atoms with van der Waals surface area (Å²) in [6.45, 7) is 0.699. The summed E-state index contributed by atoms with van der Waals surface area (Å²) in [6, 6.07) is 15.7. The summed E-state index contributed by atoms with van der Waals surface area (Å²) in [5.74, 6) is 1.82. The van der Waals surface area contributed by atoms with Crippen LogP contribution < -0.4 is 14.8 Å². The molecule has 2 amide bonds. The van der Waals surface area contributed by atoms with Crippen LogP contribution in [0.4, 0.5) is 0 Å². The molecule has 5 rings (SSSR count). The van der Waals surface area contributed by atoms with E-state index in [1.165, 1.54) is 0 Å². The lowest BCUT2D eigenvalue weighted by Crippen LogP contribution is -2.59. The maximum Gasteiger partial charge on any atom is 0.233 e. The zero-order valence-corrected chi connectivity index (χ0v) is 18.7. The Labute approximate surface area is 188 Å². The zero-order chi connectivity index (χ0) is 22.3. The van der Waals surface area contributed by atoms with Gasteiger partial charge in [0, 0.05) is 13.0 Å². The Morgan fingerprint density at radius 2 is 1.56 bits per heavy atom. The number of amides is 2. The molecular formula is C26H30N2O4. The second-order valence-electron chi connectivity index (χ2n) is 9.29. The molecule has 2 aromatic rings. The highest BCUT2D eigenvalue weighted by Crippen LogP contribution is 2.53. The minimum absolute atomic E-state index is 0.0779. The first-order valence-corrected chi connectivity index (χ1v) is 11.4. The maximum absolute atomic E-state index is 14.1. The number of hydrogen-bond donors (Lipinski definition) is 1. The maximum atomic E-state index is 14.1. The summed E-state index contributed by atoms with van der Waals surface area (Å²) in [5.41, 5.74) is 1.21. The summed E-state index contributed by atoms with van der Waals surface area (Å²) in [4.78, 5) is 28.5. The lowest BCUT2D eigenvalue weighted by Gasteiger charge is -2.49. The third kappa shape index (κ3) is 3.33. The van der Waals surface area contributed by atoms with Crippen LogP contribution in [0.1, 0.15) is 55.7 Å². The Morgan fingerprint density at radius 1 is 0.938 bits per heavy atom. The lowest BCUT2D eigenvalue weighted by molar-refractivity contribution is -0.141. The van der Waals surface area contributed by atoms with Crippen LogP contribution in [0.25, 0.3) is 0 Å². The summed E-state index contributed by atoms with van der Waals surface area (Å²) in [7, 11) is 3.30. The van der Waals surface area contributed by atoms with Crippen molar-refractivity contribution in [3.05, 3.63) is 59.7 Å². The van der Waals surface area contributed by atoms with Gasteiger partial charge in [-0.05, 0) is 67.5 Å². The van der Waals surface area contributed by atoms with Crippen molar-refractivity contribution in [1.82, 2.24) is 10.2 Å². The highest BCUT2D eigenvalue weighted by Gasteiger charge is 2.58. The standard InChI is InChI=1S/C26H30N2O4/c1-31-20-8-4-18(5-9-20)23-26(14-12-22(29)27-26)13-3-17-28(23)24(30)25(15-16-25)19-6-10-21(32-2)11-7-19/h4-11,23H,3,12-17H2,1-2H3,(H,27,29)/t23-,26+/m1/s1. The molecule has 1 spiro atoms. The molecule has 0 aromatic heterocycles. The predicted molar refractivity (Wildman–Crippen MR) is 121 cm³/mol. The summed E-state index contributed by atoms with van der Waals surface area (Å²) >= 11 is 0. The monoisotopic (exact) mass is 434 g/mol. The first-order chi connectivity index (χ1) is 15.5.